The van der Waals surface area contributed by atoms with Gasteiger partial charge in [0.05, 0.1) is 12.8 Å². The fraction of sp³-hybridized carbons (Fsp3) is 0.462. The maximum absolute atomic E-state index is 12.0. The lowest BCUT2D eigenvalue weighted by molar-refractivity contribution is -0.116. The minimum absolute atomic E-state index is 0.220. The van der Waals surface area contributed by atoms with Crippen LogP contribution in [0.1, 0.15) is 19.4 Å². The van der Waals surface area contributed by atoms with E-state index in [-0.39, 0.29) is 12.6 Å². The van der Waals surface area contributed by atoms with Crippen LogP contribution >= 0.6 is 11.6 Å². The van der Waals surface area contributed by atoms with Crippen molar-refractivity contribution >= 4 is 33.2 Å². The highest BCUT2D eigenvalue weighted by atomic mass is 35.5. The van der Waals surface area contributed by atoms with Crippen LogP contribution in [0.5, 0.6) is 0 Å². The molecule has 0 heterocycles. The van der Waals surface area contributed by atoms with Crippen LogP contribution in [0.3, 0.4) is 0 Å². The lowest BCUT2D eigenvalue weighted by Crippen LogP contribution is -2.41. The van der Waals surface area contributed by atoms with Gasteiger partial charge in [0.15, 0.2) is 0 Å². The van der Waals surface area contributed by atoms with Crippen LogP contribution in [0.25, 0.3) is 0 Å². The first-order valence-corrected chi connectivity index (χ1v) is 8.36. The van der Waals surface area contributed by atoms with Crippen LogP contribution in [0.15, 0.2) is 18.2 Å². The Kier molecular flexibility index (Phi) is 5.56. The number of anilines is 1. The van der Waals surface area contributed by atoms with Crippen molar-refractivity contribution < 1.29 is 13.2 Å². The molecule has 7 heteroatoms. The number of nitrogens with zero attached hydrogens (tertiary/aromatic N) is 1. The van der Waals surface area contributed by atoms with Crippen LogP contribution in [0, 0.1) is 6.92 Å². The van der Waals surface area contributed by atoms with Crippen LogP contribution in [-0.2, 0) is 14.8 Å². The smallest absolute Gasteiger partial charge is 0.239 e. The first kappa shape index (κ1) is 16.9. The fourth-order valence-corrected chi connectivity index (χ4v) is 3.03. The van der Waals surface area contributed by atoms with Gasteiger partial charge < -0.3 is 5.32 Å². The Morgan fingerprint density at radius 3 is 2.50 bits per heavy atom. The number of hydrogen-bond acceptors (Lipinski definition) is 3. The Bertz CT molecular complexity index is 600. The Hall–Kier alpha value is -1.11. The van der Waals surface area contributed by atoms with Crippen LogP contribution in [-0.4, -0.2) is 37.5 Å². The van der Waals surface area contributed by atoms with E-state index in [1.54, 1.807) is 32.0 Å². The van der Waals surface area contributed by atoms with Gasteiger partial charge in [-0.05, 0) is 38.5 Å². The summed E-state index contributed by atoms with van der Waals surface area (Å²) in [6, 6.07) is 4.86. The number of rotatable bonds is 5. The molecule has 0 radical (unpaired) electrons. The maximum atomic E-state index is 12.0. The Morgan fingerprint density at radius 2 is 2.00 bits per heavy atom. The molecule has 1 amide bonds. The van der Waals surface area contributed by atoms with Gasteiger partial charge in [-0.2, -0.15) is 4.31 Å². The molecule has 0 bridgehead atoms. The first-order valence-electron chi connectivity index (χ1n) is 6.14. The zero-order chi connectivity index (χ0) is 15.5. The monoisotopic (exact) mass is 318 g/mol. The van der Waals surface area contributed by atoms with Crippen molar-refractivity contribution in [1.82, 2.24) is 4.31 Å². The van der Waals surface area contributed by atoms with Crippen LogP contribution < -0.4 is 5.32 Å². The van der Waals surface area contributed by atoms with Crippen LogP contribution in [0.2, 0.25) is 5.02 Å². The third-order valence-corrected chi connectivity index (χ3v) is 4.41. The van der Waals surface area contributed by atoms with E-state index in [1.165, 1.54) is 0 Å². The van der Waals surface area contributed by atoms with Crippen molar-refractivity contribution in [3.05, 3.63) is 28.8 Å². The molecule has 0 aliphatic heterocycles. The second kappa shape index (κ2) is 6.56. The van der Waals surface area contributed by atoms with Gasteiger partial charge in [-0.3, -0.25) is 4.79 Å². The fourth-order valence-electron chi connectivity index (χ4n) is 1.74. The predicted molar refractivity (Wildman–Crippen MR) is 81.5 cm³/mol. The zero-order valence-corrected chi connectivity index (χ0v) is 13.5. The summed E-state index contributed by atoms with van der Waals surface area (Å²) in [6.45, 7) is 5.06. The number of hydrogen-bond donors (Lipinski definition) is 1. The molecule has 0 spiro atoms. The van der Waals surface area contributed by atoms with Gasteiger partial charge in [0, 0.05) is 16.8 Å². The van der Waals surface area contributed by atoms with Gasteiger partial charge in [-0.25, -0.2) is 8.42 Å². The van der Waals surface area contributed by atoms with E-state index in [0.717, 1.165) is 16.1 Å². The van der Waals surface area contributed by atoms with Gasteiger partial charge in [0.2, 0.25) is 15.9 Å². The minimum Gasteiger partial charge on any atom is -0.325 e. The summed E-state index contributed by atoms with van der Waals surface area (Å²) in [5.41, 5.74) is 1.44. The highest BCUT2D eigenvalue weighted by molar-refractivity contribution is 7.88. The molecule has 0 saturated carbocycles. The average Bonchev–Trinajstić information content (AvgIpc) is 2.29. The van der Waals surface area contributed by atoms with Gasteiger partial charge in [0.1, 0.15) is 0 Å². The summed E-state index contributed by atoms with van der Waals surface area (Å²) in [5.74, 6) is -0.394. The summed E-state index contributed by atoms with van der Waals surface area (Å²) in [6.07, 6.45) is 1.09. The minimum atomic E-state index is -3.42. The largest absolute Gasteiger partial charge is 0.325 e. The molecule has 20 heavy (non-hydrogen) atoms. The number of carbonyl (C=O) groups is 1. The molecule has 5 nitrogen and oxygen atoms in total. The van der Waals surface area contributed by atoms with Gasteiger partial charge >= 0.3 is 0 Å². The molecule has 1 N–H and O–H groups in total. The van der Waals surface area contributed by atoms with E-state index in [9.17, 15) is 13.2 Å². The summed E-state index contributed by atoms with van der Waals surface area (Å²) in [7, 11) is -3.42. The number of amides is 1. The highest BCUT2D eigenvalue weighted by Crippen LogP contribution is 2.20. The lowest BCUT2D eigenvalue weighted by atomic mass is 10.2. The van der Waals surface area contributed by atoms with Gasteiger partial charge in [-0.15, -0.1) is 0 Å². The molecule has 112 valence electrons. The third-order valence-electron chi connectivity index (χ3n) is 2.78. The van der Waals surface area contributed by atoms with Crippen molar-refractivity contribution in [2.45, 2.75) is 26.8 Å². The second-order valence-electron chi connectivity index (χ2n) is 4.91. The number of benzene rings is 1. The van der Waals surface area contributed by atoms with Crippen molar-refractivity contribution in [2.75, 3.05) is 18.1 Å². The zero-order valence-electron chi connectivity index (χ0n) is 12.0. The van der Waals surface area contributed by atoms with Crippen molar-refractivity contribution in [3.8, 4) is 0 Å². The van der Waals surface area contributed by atoms with E-state index in [4.69, 9.17) is 11.6 Å². The topological polar surface area (TPSA) is 66.5 Å². The quantitative estimate of drug-likeness (QED) is 0.905. The molecule has 0 aromatic heterocycles. The second-order valence-corrected chi connectivity index (χ2v) is 7.28. The maximum Gasteiger partial charge on any atom is 0.239 e. The molecule has 0 unspecified atom stereocenters. The molecule has 0 aliphatic rings. The first-order chi connectivity index (χ1) is 9.11. The van der Waals surface area contributed by atoms with Gasteiger partial charge in [-0.1, -0.05) is 17.7 Å². The average molecular weight is 319 g/mol. The molecule has 0 fully saturated rings. The predicted octanol–water partition coefficient (Wildman–Crippen LogP) is 2.26. The van der Waals surface area contributed by atoms with Crippen LogP contribution in [0.4, 0.5) is 5.69 Å². The van der Waals surface area contributed by atoms with E-state index in [2.05, 4.69) is 5.32 Å². The summed E-state index contributed by atoms with van der Waals surface area (Å²) in [5, 5.41) is 3.19. The molecule has 1 aromatic rings. The van der Waals surface area contributed by atoms with E-state index in [1.807, 2.05) is 6.92 Å². The van der Waals surface area contributed by atoms with E-state index >= 15 is 0 Å². The molecular formula is C13H19ClN2O3S. The highest BCUT2D eigenvalue weighted by Gasteiger charge is 2.23. The van der Waals surface area contributed by atoms with Crippen molar-refractivity contribution in [3.63, 3.8) is 0 Å². The van der Waals surface area contributed by atoms with E-state index in [0.29, 0.717) is 10.7 Å². The number of halogens is 1. The molecular weight excluding hydrogens is 300 g/mol. The third kappa shape index (κ3) is 4.77. The van der Waals surface area contributed by atoms with E-state index < -0.39 is 15.9 Å². The van der Waals surface area contributed by atoms with Crippen molar-refractivity contribution in [1.29, 1.82) is 0 Å². The summed E-state index contributed by atoms with van der Waals surface area (Å²) < 4.78 is 24.4. The summed E-state index contributed by atoms with van der Waals surface area (Å²) in [4.78, 5) is 12.0. The van der Waals surface area contributed by atoms with Crippen molar-refractivity contribution in [2.24, 2.45) is 0 Å². The van der Waals surface area contributed by atoms with Gasteiger partial charge in [0.25, 0.3) is 0 Å². The Morgan fingerprint density at radius 1 is 1.40 bits per heavy atom. The lowest BCUT2D eigenvalue weighted by Gasteiger charge is -2.23. The molecule has 1 rings (SSSR count). The number of sulfonamides is 1. The Labute approximate surface area is 125 Å². The standard InChI is InChI=1S/C13H19ClN2O3S/c1-9(2)16(20(4,18)19)8-13(17)15-12-7-11(14)6-5-10(12)3/h5-7,9H,8H2,1-4H3,(H,15,17). The molecule has 0 atom stereocenters. The number of aryl methyl sites for hydroxylation is 1. The SMILES string of the molecule is Cc1ccc(Cl)cc1NC(=O)CN(C(C)C)S(C)(=O)=O. The molecule has 1 aromatic carbocycles. The number of carbonyl (C=O) groups excluding carboxylic acids is 1. The normalized spacial score (nSPS) is 11.9. The Balaban J connectivity index is 2.84. The molecule has 0 aliphatic carbocycles. The number of nitrogens with one attached hydrogen (secondary N) is 1. The summed E-state index contributed by atoms with van der Waals surface area (Å²) >= 11 is 5.87. The molecule has 0 saturated heterocycles.